The van der Waals surface area contributed by atoms with Crippen LogP contribution in [0.1, 0.15) is 22.3 Å². The molecule has 2 nitrogen and oxygen atoms in total. The summed E-state index contributed by atoms with van der Waals surface area (Å²) in [7, 11) is 0. The number of benzene rings is 12. The smallest absolute Gasteiger partial charge is 0.135 e. The van der Waals surface area contributed by atoms with Gasteiger partial charge in [0.2, 0.25) is 0 Å². The maximum absolute atomic E-state index is 6.29. The third-order valence-corrected chi connectivity index (χ3v) is 15.9. The number of nitrogens with zero attached hydrogens (tertiary/aromatic N) is 1. The zero-order valence-corrected chi connectivity index (χ0v) is 41.0. The molecule has 0 amide bonds. The molecule has 15 rings (SSSR count). The maximum atomic E-state index is 6.29. The molecule has 75 heavy (non-hydrogen) atoms. The number of anilines is 3. The Hall–Kier alpha value is -9.76. The van der Waals surface area contributed by atoms with Crippen molar-refractivity contribution >= 4 is 39.0 Å². The summed E-state index contributed by atoms with van der Waals surface area (Å²) in [4.78, 5) is 2.43. The lowest BCUT2D eigenvalue weighted by Gasteiger charge is -2.32. The van der Waals surface area contributed by atoms with E-state index in [9.17, 15) is 0 Å². The fraction of sp³-hybridized carbons (Fsp3) is 0.0137. The zero-order chi connectivity index (χ0) is 49.5. The van der Waals surface area contributed by atoms with E-state index in [2.05, 4.69) is 284 Å². The summed E-state index contributed by atoms with van der Waals surface area (Å²) in [5.41, 5.74) is 26.7. The average molecular weight is 954 g/mol. The lowest BCUT2D eigenvalue weighted by atomic mass is 9.70. The van der Waals surface area contributed by atoms with Gasteiger partial charge in [0, 0.05) is 27.8 Å². The molecule has 1 spiro atoms. The van der Waals surface area contributed by atoms with Gasteiger partial charge in [-0.05, 0) is 161 Å². The molecule has 2 heteroatoms. The second-order valence-electron chi connectivity index (χ2n) is 20.0. The van der Waals surface area contributed by atoms with E-state index >= 15 is 0 Å². The van der Waals surface area contributed by atoms with Gasteiger partial charge in [-0.3, -0.25) is 0 Å². The second kappa shape index (κ2) is 17.2. The van der Waals surface area contributed by atoms with E-state index in [0.717, 1.165) is 39.0 Å². The van der Waals surface area contributed by atoms with Gasteiger partial charge in [0.15, 0.2) is 0 Å². The minimum absolute atomic E-state index is 0.562. The highest BCUT2D eigenvalue weighted by Gasteiger charge is 2.52. The fourth-order valence-electron chi connectivity index (χ4n) is 12.4. The maximum Gasteiger partial charge on any atom is 0.135 e. The first-order valence-corrected chi connectivity index (χ1v) is 25.9. The standard InChI is InChI=1S/C73H47NO/c1-3-13-48(14-4-1)50-23-27-52(28-24-50)54-31-37-58(38-32-54)74(59-39-33-55(34-40-59)53-29-25-51(26-30-53)49-15-5-2-6-16-49)60-41-43-64-63-42-35-57(56-36-44-72-66(45-56)65-19-9-12-22-71(65)75-72)46-69(63)73(70(64)47-60)67-20-10-7-17-61(67)62-18-8-11-21-68(62)73/h1-47H. The van der Waals surface area contributed by atoms with Crippen molar-refractivity contribution in [1.29, 1.82) is 0 Å². The van der Waals surface area contributed by atoms with Crippen molar-refractivity contribution in [2.45, 2.75) is 5.41 Å². The Labute approximate surface area is 436 Å². The van der Waals surface area contributed by atoms with Crippen LogP contribution in [0.5, 0.6) is 0 Å². The van der Waals surface area contributed by atoms with Crippen LogP contribution >= 0.6 is 0 Å². The van der Waals surface area contributed by atoms with E-state index < -0.39 is 5.41 Å². The van der Waals surface area contributed by atoms with Crippen molar-refractivity contribution in [3.63, 3.8) is 0 Å². The largest absolute Gasteiger partial charge is 0.456 e. The highest BCUT2D eigenvalue weighted by atomic mass is 16.3. The predicted octanol–water partition coefficient (Wildman–Crippen LogP) is 19.7. The van der Waals surface area contributed by atoms with Gasteiger partial charge in [0.25, 0.3) is 0 Å². The summed E-state index contributed by atoms with van der Waals surface area (Å²) >= 11 is 0. The van der Waals surface area contributed by atoms with Crippen molar-refractivity contribution in [3.8, 4) is 77.9 Å². The first kappa shape index (κ1) is 42.9. The monoisotopic (exact) mass is 953 g/mol. The Morgan fingerprint density at radius 2 is 0.587 bits per heavy atom. The number of fused-ring (bicyclic) bond motifs is 13. The molecule has 1 aromatic heterocycles. The Bertz CT molecular complexity index is 4130. The van der Waals surface area contributed by atoms with Crippen LogP contribution in [0, 0.1) is 0 Å². The molecule has 0 radical (unpaired) electrons. The molecule has 12 aromatic carbocycles. The molecule has 0 N–H and O–H groups in total. The Balaban J connectivity index is 0.879. The van der Waals surface area contributed by atoms with Crippen LogP contribution in [0.3, 0.4) is 0 Å². The van der Waals surface area contributed by atoms with Crippen LogP contribution in [0.2, 0.25) is 0 Å². The topological polar surface area (TPSA) is 16.4 Å². The molecule has 0 aliphatic heterocycles. The lowest BCUT2D eigenvalue weighted by molar-refractivity contribution is 0.669. The molecule has 0 bridgehead atoms. The molecular weight excluding hydrogens is 907 g/mol. The molecule has 0 saturated carbocycles. The number of hydrogen-bond donors (Lipinski definition) is 0. The van der Waals surface area contributed by atoms with Crippen LogP contribution in [0.15, 0.2) is 290 Å². The van der Waals surface area contributed by atoms with Crippen molar-refractivity contribution < 1.29 is 4.42 Å². The SMILES string of the molecule is c1ccc(-c2ccc(-c3ccc(N(c4ccc(-c5ccc(-c6ccccc6)cc5)cc4)c4ccc5c(c4)C4(c6ccccc6-c6ccccc64)c4cc(-c6ccc7oc8ccccc8c7c6)ccc4-5)cc3)cc2)cc1. The molecule has 0 fully saturated rings. The van der Waals surface area contributed by atoms with E-state index in [1.807, 2.05) is 6.07 Å². The second-order valence-corrected chi connectivity index (χ2v) is 20.0. The minimum atomic E-state index is -0.562. The van der Waals surface area contributed by atoms with Crippen molar-refractivity contribution in [2.75, 3.05) is 4.90 Å². The van der Waals surface area contributed by atoms with Crippen molar-refractivity contribution in [2.24, 2.45) is 0 Å². The number of rotatable bonds is 8. The van der Waals surface area contributed by atoms with E-state index in [1.54, 1.807) is 0 Å². The molecule has 1 heterocycles. The number of hydrogen-bond acceptors (Lipinski definition) is 2. The van der Waals surface area contributed by atoms with Gasteiger partial charge in [-0.2, -0.15) is 0 Å². The average Bonchev–Trinajstić information content (AvgIpc) is 4.12. The van der Waals surface area contributed by atoms with Gasteiger partial charge in [-0.25, -0.2) is 0 Å². The van der Waals surface area contributed by atoms with Crippen molar-refractivity contribution in [1.82, 2.24) is 0 Å². The Kier molecular flexibility index (Phi) is 9.83. The quantitative estimate of drug-likeness (QED) is 0.151. The van der Waals surface area contributed by atoms with Gasteiger partial charge in [-0.1, -0.05) is 224 Å². The first-order valence-electron chi connectivity index (χ1n) is 25.9. The summed E-state index contributed by atoms with van der Waals surface area (Å²) in [5.74, 6) is 0. The molecule has 0 atom stereocenters. The molecule has 0 saturated heterocycles. The highest BCUT2D eigenvalue weighted by molar-refractivity contribution is 6.06. The van der Waals surface area contributed by atoms with E-state index in [1.165, 1.54) is 100 Å². The summed E-state index contributed by atoms with van der Waals surface area (Å²) < 4.78 is 6.29. The van der Waals surface area contributed by atoms with Gasteiger partial charge >= 0.3 is 0 Å². The van der Waals surface area contributed by atoms with Crippen LogP contribution in [0.25, 0.3) is 99.8 Å². The summed E-state index contributed by atoms with van der Waals surface area (Å²) in [6, 6.07) is 105. The third kappa shape index (κ3) is 6.88. The molecule has 350 valence electrons. The lowest BCUT2D eigenvalue weighted by Crippen LogP contribution is -2.26. The molecule has 0 unspecified atom stereocenters. The van der Waals surface area contributed by atoms with Crippen LogP contribution in [0.4, 0.5) is 17.1 Å². The Morgan fingerprint density at radius 1 is 0.227 bits per heavy atom. The highest BCUT2D eigenvalue weighted by Crippen LogP contribution is 2.64. The van der Waals surface area contributed by atoms with Crippen LogP contribution in [-0.4, -0.2) is 0 Å². The van der Waals surface area contributed by atoms with E-state index in [4.69, 9.17) is 4.42 Å². The first-order chi connectivity index (χ1) is 37.2. The van der Waals surface area contributed by atoms with Gasteiger partial charge in [0.05, 0.1) is 5.41 Å². The summed E-state index contributed by atoms with van der Waals surface area (Å²) in [6.45, 7) is 0. The van der Waals surface area contributed by atoms with Gasteiger partial charge in [0.1, 0.15) is 11.2 Å². The summed E-state index contributed by atoms with van der Waals surface area (Å²) in [5, 5.41) is 2.26. The fourth-order valence-corrected chi connectivity index (χ4v) is 12.4. The molecule has 2 aliphatic rings. The predicted molar refractivity (Wildman–Crippen MR) is 312 cm³/mol. The normalized spacial score (nSPS) is 12.6. The summed E-state index contributed by atoms with van der Waals surface area (Å²) in [6.07, 6.45) is 0. The number of furan rings is 1. The van der Waals surface area contributed by atoms with Crippen LogP contribution in [-0.2, 0) is 5.41 Å². The van der Waals surface area contributed by atoms with E-state index in [-0.39, 0.29) is 0 Å². The molecule has 13 aromatic rings. The molecule has 2 aliphatic carbocycles. The van der Waals surface area contributed by atoms with Crippen LogP contribution < -0.4 is 4.90 Å². The Morgan fingerprint density at radius 3 is 1.13 bits per heavy atom. The third-order valence-electron chi connectivity index (χ3n) is 15.9. The van der Waals surface area contributed by atoms with E-state index in [0.29, 0.717) is 0 Å². The van der Waals surface area contributed by atoms with Gasteiger partial charge < -0.3 is 9.32 Å². The number of para-hydroxylation sites is 1. The molecular formula is C73H47NO. The van der Waals surface area contributed by atoms with Crippen molar-refractivity contribution in [3.05, 3.63) is 307 Å². The van der Waals surface area contributed by atoms with Gasteiger partial charge in [-0.15, -0.1) is 0 Å². The minimum Gasteiger partial charge on any atom is -0.456 e. The zero-order valence-electron chi connectivity index (χ0n) is 41.0.